The van der Waals surface area contributed by atoms with Crippen LogP contribution in [-0.2, 0) is 0 Å². The number of hydrogen-bond acceptors (Lipinski definition) is 3. The third-order valence-electron chi connectivity index (χ3n) is 3.86. The molecule has 114 valence electrons. The molecule has 0 fully saturated rings. The normalized spacial score (nSPS) is 14.1. The lowest BCUT2D eigenvalue weighted by Gasteiger charge is -2.24. The Balaban J connectivity index is 2.76. The third kappa shape index (κ3) is 4.80. The van der Waals surface area contributed by atoms with Crippen LogP contribution in [0.3, 0.4) is 0 Å². The molecule has 1 rings (SSSR count). The molecule has 0 saturated carbocycles. The lowest BCUT2D eigenvalue weighted by atomic mass is 9.88. The highest BCUT2D eigenvalue weighted by atomic mass is 16.5. The van der Waals surface area contributed by atoms with Crippen molar-refractivity contribution in [2.45, 2.75) is 58.0 Å². The van der Waals surface area contributed by atoms with Crippen molar-refractivity contribution in [3.63, 3.8) is 0 Å². The van der Waals surface area contributed by atoms with Crippen LogP contribution in [0.15, 0.2) is 18.2 Å². The number of rotatable bonds is 9. The largest absolute Gasteiger partial charge is 0.496 e. The Kier molecular flexibility index (Phi) is 7.63. The Morgan fingerprint density at radius 1 is 1.25 bits per heavy atom. The molecule has 1 aromatic carbocycles. The average Bonchev–Trinajstić information content (AvgIpc) is 2.45. The lowest BCUT2D eigenvalue weighted by Crippen LogP contribution is -2.26. The molecule has 20 heavy (non-hydrogen) atoms. The van der Waals surface area contributed by atoms with Crippen molar-refractivity contribution in [1.29, 1.82) is 0 Å². The molecular formula is C17H29NO2. The first-order valence-corrected chi connectivity index (χ1v) is 7.66. The summed E-state index contributed by atoms with van der Waals surface area (Å²) in [6.45, 7) is 4.68. The maximum absolute atomic E-state index is 10.4. The second-order valence-electron chi connectivity index (χ2n) is 5.50. The topological polar surface area (TPSA) is 55.5 Å². The van der Waals surface area contributed by atoms with Crippen molar-refractivity contribution in [2.75, 3.05) is 13.7 Å². The van der Waals surface area contributed by atoms with E-state index in [0.29, 0.717) is 6.54 Å². The minimum Gasteiger partial charge on any atom is -0.496 e. The summed E-state index contributed by atoms with van der Waals surface area (Å²) in [5.74, 6) is 0.769. The second kappa shape index (κ2) is 8.98. The van der Waals surface area contributed by atoms with Gasteiger partial charge in [-0.1, -0.05) is 50.3 Å². The molecule has 0 aromatic heterocycles. The van der Waals surface area contributed by atoms with Crippen molar-refractivity contribution in [2.24, 2.45) is 5.73 Å². The predicted molar refractivity (Wildman–Crippen MR) is 84.3 cm³/mol. The van der Waals surface area contributed by atoms with Gasteiger partial charge in [0.1, 0.15) is 5.75 Å². The van der Waals surface area contributed by atoms with Crippen molar-refractivity contribution in [3.8, 4) is 5.75 Å². The molecule has 0 heterocycles. The first kappa shape index (κ1) is 17.0. The van der Waals surface area contributed by atoms with Crippen LogP contribution in [-0.4, -0.2) is 24.9 Å². The molecule has 2 atom stereocenters. The zero-order valence-corrected chi connectivity index (χ0v) is 13.1. The van der Waals surface area contributed by atoms with E-state index in [1.807, 2.05) is 19.1 Å². The van der Waals surface area contributed by atoms with Crippen LogP contribution < -0.4 is 10.5 Å². The minimum absolute atomic E-state index is 0.0496. The number of benzene rings is 1. The number of hydrogen-bond donors (Lipinski definition) is 2. The van der Waals surface area contributed by atoms with Crippen LogP contribution in [0.4, 0.5) is 0 Å². The number of aliphatic hydroxyl groups excluding tert-OH is 1. The van der Waals surface area contributed by atoms with Crippen molar-refractivity contribution in [3.05, 3.63) is 29.3 Å². The standard InChI is InChI=1S/C17H29NO2/c1-4-5-6-7-8-16(19)15(12-18)14-11-13(2)9-10-17(14)20-3/h9-11,15-16,19H,4-8,12,18H2,1-3H3. The molecule has 0 saturated heterocycles. The monoisotopic (exact) mass is 279 g/mol. The maximum Gasteiger partial charge on any atom is 0.122 e. The van der Waals surface area contributed by atoms with Gasteiger partial charge in [0, 0.05) is 18.0 Å². The van der Waals surface area contributed by atoms with Crippen LogP contribution in [0, 0.1) is 6.92 Å². The molecule has 0 bridgehead atoms. The van der Waals surface area contributed by atoms with E-state index < -0.39 is 6.10 Å². The molecular weight excluding hydrogens is 250 g/mol. The second-order valence-corrected chi connectivity index (χ2v) is 5.50. The van der Waals surface area contributed by atoms with E-state index in [9.17, 15) is 5.11 Å². The van der Waals surface area contributed by atoms with Gasteiger partial charge in [-0.2, -0.15) is 0 Å². The summed E-state index contributed by atoms with van der Waals surface area (Å²) in [6.07, 6.45) is 5.08. The Labute approximate surface area is 123 Å². The average molecular weight is 279 g/mol. The fourth-order valence-electron chi connectivity index (χ4n) is 2.62. The number of ether oxygens (including phenoxy) is 1. The summed E-state index contributed by atoms with van der Waals surface area (Å²) in [5, 5.41) is 10.4. The fourth-order valence-corrected chi connectivity index (χ4v) is 2.62. The molecule has 0 spiro atoms. The molecule has 1 aromatic rings. The van der Waals surface area contributed by atoms with Crippen molar-refractivity contribution >= 4 is 0 Å². The van der Waals surface area contributed by atoms with Gasteiger partial charge in [-0.15, -0.1) is 0 Å². The zero-order valence-electron chi connectivity index (χ0n) is 13.1. The first-order valence-electron chi connectivity index (χ1n) is 7.66. The summed E-state index contributed by atoms with van der Waals surface area (Å²) in [7, 11) is 1.66. The molecule has 0 aliphatic rings. The zero-order chi connectivity index (χ0) is 15.0. The molecule has 0 aliphatic carbocycles. The predicted octanol–water partition coefficient (Wildman–Crippen LogP) is 3.38. The van der Waals surface area contributed by atoms with E-state index >= 15 is 0 Å². The van der Waals surface area contributed by atoms with Gasteiger partial charge >= 0.3 is 0 Å². The van der Waals surface area contributed by atoms with Crippen LogP contribution in [0.1, 0.15) is 56.1 Å². The minimum atomic E-state index is -0.396. The van der Waals surface area contributed by atoms with Gasteiger partial charge in [0.2, 0.25) is 0 Å². The SMILES string of the molecule is CCCCCCC(O)C(CN)c1cc(C)ccc1OC. The summed E-state index contributed by atoms with van der Waals surface area (Å²) in [6, 6.07) is 6.05. The highest BCUT2D eigenvalue weighted by Crippen LogP contribution is 2.31. The fraction of sp³-hybridized carbons (Fsp3) is 0.647. The van der Waals surface area contributed by atoms with E-state index in [-0.39, 0.29) is 5.92 Å². The molecule has 0 amide bonds. The highest BCUT2D eigenvalue weighted by molar-refractivity contribution is 5.40. The quantitative estimate of drug-likeness (QED) is 0.681. The van der Waals surface area contributed by atoms with Crippen LogP contribution >= 0.6 is 0 Å². The van der Waals surface area contributed by atoms with Gasteiger partial charge in [-0.3, -0.25) is 0 Å². The van der Waals surface area contributed by atoms with E-state index in [2.05, 4.69) is 13.0 Å². The Morgan fingerprint density at radius 2 is 2.00 bits per heavy atom. The third-order valence-corrected chi connectivity index (χ3v) is 3.86. The number of unbranched alkanes of at least 4 members (excludes halogenated alkanes) is 3. The van der Waals surface area contributed by atoms with Crippen LogP contribution in [0.25, 0.3) is 0 Å². The Hall–Kier alpha value is -1.06. The van der Waals surface area contributed by atoms with Crippen LogP contribution in [0.5, 0.6) is 5.75 Å². The number of aryl methyl sites for hydroxylation is 1. The highest BCUT2D eigenvalue weighted by Gasteiger charge is 2.22. The van der Waals surface area contributed by atoms with Gasteiger partial charge in [0.25, 0.3) is 0 Å². The summed E-state index contributed by atoms with van der Waals surface area (Å²) < 4.78 is 5.41. The van der Waals surface area contributed by atoms with Gasteiger partial charge in [-0.25, -0.2) is 0 Å². The van der Waals surface area contributed by atoms with Gasteiger partial charge < -0.3 is 15.6 Å². The smallest absolute Gasteiger partial charge is 0.122 e. The molecule has 3 heteroatoms. The van der Waals surface area contributed by atoms with Gasteiger partial charge in [0.15, 0.2) is 0 Å². The Bertz CT molecular complexity index is 393. The van der Waals surface area contributed by atoms with Crippen LogP contribution in [0.2, 0.25) is 0 Å². The van der Waals surface area contributed by atoms with Gasteiger partial charge in [-0.05, 0) is 19.4 Å². The summed E-state index contributed by atoms with van der Waals surface area (Å²) >= 11 is 0. The van der Waals surface area contributed by atoms with Crippen molar-refractivity contribution < 1.29 is 9.84 Å². The van der Waals surface area contributed by atoms with E-state index in [4.69, 9.17) is 10.5 Å². The summed E-state index contributed by atoms with van der Waals surface area (Å²) in [5.41, 5.74) is 8.08. The van der Waals surface area contributed by atoms with E-state index in [0.717, 1.165) is 29.7 Å². The van der Waals surface area contributed by atoms with Crippen molar-refractivity contribution in [1.82, 2.24) is 0 Å². The van der Waals surface area contributed by atoms with Gasteiger partial charge in [0.05, 0.1) is 13.2 Å². The summed E-state index contributed by atoms with van der Waals surface area (Å²) in [4.78, 5) is 0. The lowest BCUT2D eigenvalue weighted by molar-refractivity contribution is 0.131. The Morgan fingerprint density at radius 3 is 2.60 bits per heavy atom. The number of aliphatic hydroxyl groups is 1. The molecule has 3 N–H and O–H groups in total. The molecule has 0 radical (unpaired) electrons. The molecule has 0 aliphatic heterocycles. The van der Waals surface area contributed by atoms with E-state index in [1.165, 1.54) is 19.3 Å². The molecule has 2 unspecified atom stereocenters. The number of nitrogens with two attached hydrogens (primary N) is 1. The first-order chi connectivity index (χ1) is 9.63. The number of methoxy groups -OCH3 is 1. The maximum atomic E-state index is 10.4. The molecule has 3 nitrogen and oxygen atoms in total. The van der Waals surface area contributed by atoms with E-state index in [1.54, 1.807) is 7.11 Å².